The number of aromatic amines is 1. The monoisotopic (exact) mass is 485 g/mol. The molecule has 2 fully saturated rings. The van der Waals surface area contributed by atoms with Crippen LogP contribution in [0.2, 0.25) is 0 Å². The number of fused-ring (bicyclic) bond motifs is 2. The Morgan fingerprint density at radius 3 is 2.69 bits per heavy atom. The number of pyridine rings is 1. The van der Waals surface area contributed by atoms with E-state index in [1.807, 2.05) is 35.2 Å². The third-order valence-electron chi connectivity index (χ3n) is 6.71. The van der Waals surface area contributed by atoms with Crippen LogP contribution in [-0.4, -0.2) is 86.9 Å². The van der Waals surface area contributed by atoms with Gasteiger partial charge in [0.05, 0.1) is 52.8 Å². The maximum Gasteiger partial charge on any atom is 0.295 e. The minimum atomic E-state index is -0.790. The zero-order valence-electron chi connectivity index (χ0n) is 18.4. The van der Waals surface area contributed by atoms with Crippen molar-refractivity contribution in [3.8, 4) is 11.5 Å². The summed E-state index contributed by atoms with van der Waals surface area (Å²) < 4.78 is 17.7. The first-order valence-corrected chi connectivity index (χ1v) is 11.1. The Bertz CT molecular complexity index is 1630. The number of carbonyl (C=O) groups is 2. The summed E-state index contributed by atoms with van der Waals surface area (Å²) in [5, 5.41) is 19.6. The molecule has 0 spiro atoms. The smallest absolute Gasteiger partial charge is 0.295 e. The van der Waals surface area contributed by atoms with E-state index >= 15 is 0 Å². The average Bonchev–Trinajstić information content (AvgIpc) is 3.66. The lowest BCUT2D eigenvalue weighted by Crippen LogP contribution is -2.80. The molecule has 2 aliphatic heterocycles. The minimum Gasteiger partial charge on any atom is -0.357 e. The van der Waals surface area contributed by atoms with Gasteiger partial charge in [0.15, 0.2) is 11.6 Å². The van der Waals surface area contributed by atoms with Crippen molar-refractivity contribution in [2.75, 3.05) is 18.0 Å². The van der Waals surface area contributed by atoms with E-state index in [1.165, 1.54) is 22.0 Å². The number of ketones is 1. The molecule has 14 heteroatoms. The predicted molar refractivity (Wildman–Crippen MR) is 121 cm³/mol. The zero-order valence-corrected chi connectivity index (χ0v) is 18.4. The number of halogens is 1. The quantitative estimate of drug-likeness (QED) is 0.279. The summed E-state index contributed by atoms with van der Waals surface area (Å²) in [6.45, 7) is 0.826. The highest BCUT2D eigenvalue weighted by Crippen LogP contribution is 2.37. The molecule has 13 nitrogen and oxygen atoms in total. The van der Waals surface area contributed by atoms with E-state index in [9.17, 15) is 14.0 Å². The first-order valence-electron chi connectivity index (χ1n) is 11.1. The maximum atomic E-state index is 14.7. The lowest BCUT2D eigenvalue weighted by atomic mass is 9.85. The maximum absolute atomic E-state index is 14.7. The fourth-order valence-corrected chi connectivity index (χ4v) is 4.83. The topological polar surface area (TPSA) is 144 Å². The van der Waals surface area contributed by atoms with Gasteiger partial charge in [0, 0.05) is 19.3 Å². The Morgan fingerprint density at radius 2 is 1.94 bits per heavy atom. The molecular formula is C22H16FN11O2. The largest absolute Gasteiger partial charge is 0.357 e. The molecule has 7 rings (SSSR count). The van der Waals surface area contributed by atoms with Crippen molar-refractivity contribution in [2.24, 2.45) is 0 Å². The molecule has 0 saturated carbocycles. The van der Waals surface area contributed by atoms with E-state index in [-0.39, 0.29) is 34.4 Å². The van der Waals surface area contributed by atoms with Gasteiger partial charge in [-0.1, -0.05) is 28.5 Å². The number of tetrazole rings is 1. The van der Waals surface area contributed by atoms with Crippen LogP contribution >= 0.6 is 0 Å². The molecule has 5 aromatic rings. The Balaban J connectivity index is 1.11. The van der Waals surface area contributed by atoms with Gasteiger partial charge in [-0.3, -0.25) is 9.59 Å². The molecule has 0 aliphatic carbocycles. The molecule has 6 heterocycles. The van der Waals surface area contributed by atoms with E-state index in [0.29, 0.717) is 19.0 Å². The van der Waals surface area contributed by atoms with Gasteiger partial charge < -0.3 is 14.8 Å². The van der Waals surface area contributed by atoms with E-state index < -0.39 is 17.5 Å². The summed E-state index contributed by atoms with van der Waals surface area (Å²) in [4.78, 5) is 36.7. The molecule has 36 heavy (non-hydrogen) atoms. The van der Waals surface area contributed by atoms with Crippen molar-refractivity contribution >= 4 is 28.5 Å². The van der Waals surface area contributed by atoms with Crippen LogP contribution in [0.4, 0.5) is 10.3 Å². The van der Waals surface area contributed by atoms with Crippen LogP contribution in [0.5, 0.6) is 0 Å². The summed E-state index contributed by atoms with van der Waals surface area (Å²) in [6, 6.07) is 9.35. The van der Waals surface area contributed by atoms with E-state index in [4.69, 9.17) is 0 Å². The number of Topliss-reactive ketones (excluding diaryl/α,β-unsaturated/α-hetero) is 1. The number of carbonyl (C=O) groups excluding carboxylic acids is 2. The number of likely N-dealkylation sites (tertiary alicyclic amines) is 1. The number of anilines is 1. The van der Waals surface area contributed by atoms with Crippen molar-refractivity contribution in [3.05, 3.63) is 66.5 Å². The molecule has 2 atom stereocenters. The molecule has 2 aliphatic rings. The van der Waals surface area contributed by atoms with Crippen LogP contribution in [0.25, 0.3) is 22.4 Å². The van der Waals surface area contributed by atoms with E-state index in [0.717, 1.165) is 11.9 Å². The Morgan fingerprint density at radius 1 is 1.08 bits per heavy atom. The number of aromatic nitrogens is 9. The van der Waals surface area contributed by atoms with Crippen molar-refractivity contribution < 1.29 is 14.0 Å². The van der Waals surface area contributed by atoms with Crippen LogP contribution in [0.15, 0.2) is 55.1 Å². The highest BCUT2D eigenvalue weighted by atomic mass is 19.1. The molecule has 2 saturated heterocycles. The second kappa shape index (κ2) is 7.49. The number of H-pyrrole nitrogens is 1. The number of benzene rings is 1. The molecule has 0 radical (unpaired) electrons. The first kappa shape index (κ1) is 20.4. The second-order valence-corrected chi connectivity index (χ2v) is 8.53. The van der Waals surface area contributed by atoms with Crippen LogP contribution in [0.3, 0.4) is 0 Å². The summed E-state index contributed by atoms with van der Waals surface area (Å²) in [5.74, 6) is -1.34. The molecule has 4 aromatic heterocycles. The number of nitrogens with zero attached hydrogens (tertiary/aromatic N) is 10. The van der Waals surface area contributed by atoms with Gasteiger partial charge in [0.1, 0.15) is 0 Å². The van der Waals surface area contributed by atoms with Crippen LogP contribution in [0.1, 0.15) is 10.4 Å². The van der Waals surface area contributed by atoms with Crippen molar-refractivity contribution in [1.82, 2.24) is 50.1 Å². The molecule has 178 valence electrons. The molecule has 1 aromatic carbocycles. The van der Waals surface area contributed by atoms with Gasteiger partial charge >= 0.3 is 0 Å². The first-order chi connectivity index (χ1) is 17.6. The van der Waals surface area contributed by atoms with Crippen molar-refractivity contribution in [1.29, 1.82) is 0 Å². The van der Waals surface area contributed by atoms with Crippen molar-refractivity contribution in [2.45, 2.75) is 12.1 Å². The number of piperazine rings is 1. The predicted octanol–water partition coefficient (Wildman–Crippen LogP) is 0.541. The fourth-order valence-electron chi connectivity index (χ4n) is 4.83. The number of amides is 1. The van der Waals surface area contributed by atoms with Gasteiger partial charge in [-0.15, -0.1) is 5.10 Å². The number of nitrogens with one attached hydrogen (secondary N) is 1. The highest BCUT2D eigenvalue weighted by Gasteiger charge is 2.56. The van der Waals surface area contributed by atoms with Gasteiger partial charge in [0.25, 0.3) is 17.6 Å². The van der Waals surface area contributed by atoms with Gasteiger partial charge in [0.2, 0.25) is 0 Å². The Hall–Kier alpha value is -5.01. The lowest BCUT2D eigenvalue weighted by Gasteiger charge is -2.61. The van der Waals surface area contributed by atoms with E-state index in [2.05, 4.69) is 35.8 Å². The molecular weight excluding hydrogens is 469 g/mol. The normalized spacial score (nSPS) is 18.6. The SMILES string of the molecule is O=C(C(=O)N1CC2[C@@H]1CN2c1nnnn1-c1ccccc1)c1c[nH]c2c(-n3ccnn3)ncc(F)c12. The standard InChI is InChI=1S/C22H16FN11O2/c23-14-9-25-20(33-7-6-26-29-33)18-17(14)13(8-24-18)19(35)21(36)31-10-16-15(31)11-32(16)22-27-28-30-34(22)12-4-2-1-3-5-12/h1-9,15-16,24H,10-11H2/t15-,16?/m0/s1. The van der Waals surface area contributed by atoms with Crippen LogP contribution in [-0.2, 0) is 4.79 Å². The fraction of sp³-hybridized carbons (Fsp3) is 0.182. The molecule has 0 bridgehead atoms. The van der Waals surface area contributed by atoms with Crippen molar-refractivity contribution in [3.63, 3.8) is 0 Å². The molecule has 1 amide bonds. The summed E-state index contributed by atoms with van der Waals surface area (Å²) in [7, 11) is 0. The van der Waals surface area contributed by atoms with Gasteiger partial charge in [-0.2, -0.15) is 4.68 Å². The molecule has 1 N–H and O–H groups in total. The Kier molecular flexibility index (Phi) is 4.24. The van der Waals surface area contributed by atoms with Crippen LogP contribution < -0.4 is 4.90 Å². The van der Waals surface area contributed by atoms with E-state index in [1.54, 1.807) is 10.9 Å². The summed E-state index contributed by atoms with van der Waals surface area (Å²) in [6.07, 6.45) is 5.32. The summed E-state index contributed by atoms with van der Waals surface area (Å²) in [5.41, 5.74) is 1.02. The second-order valence-electron chi connectivity index (χ2n) is 8.53. The lowest BCUT2D eigenvalue weighted by molar-refractivity contribution is -0.138. The minimum absolute atomic E-state index is 0.00182. The molecule has 1 unspecified atom stereocenters. The third-order valence-corrected chi connectivity index (χ3v) is 6.71. The zero-order chi connectivity index (χ0) is 24.4. The summed E-state index contributed by atoms with van der Waals surface area (Å²) >= 11 is 0. The number of hydrogen-bond acceptors (Lipinski definition) is 9. The number of para-hydroxylation sites is 1. The highest BCUT2D eigenvalue weighted by molar-refractivity contribution is 6.45. The van der Waals surface area contributed by atoms with Gasteiger partial charge in [-0.25, -0.2) is 14.1 Å². The Labute approximate surface area is 201 Å². The van der Waals surface area contributed by atoms with Gasteiger partial charge in [-0.05, 0) is 22.6 Å². The third kappa shape index (κ3) is 2.80. The van der Waals surface area contributed by atoms with Crippen LogP contribution in [0, 0.1) is 5.82 Å². The number of rotatable bonds is 5. The number of hydrogen-bond donors (Lipinski definition) is 1. The average molecular weight is 485 g/mol.